The average molecular weight is 418 g/mol. The van der Waals surface area contributed by atoms with E-state index in [1.165, 1.54) is 7.11 Å². The van der Waals surface area contributed by atoms with Crippen molar-refractivity contribution in [1.82, 2.24) is 0 Å². The molecule has 8 heteroatoms. The number of anilines is 1. The second-order valence-corrected chi connectivity index (χ2v) is 6.60. The summed E-state index contributed by atoms with van der Waals surface area (Å²) in [5, 5.41) is 9.79. The highest BCUT2D eigenvalue weighted by Gasteiger charge is 2.49. The Bertz CT molecular complexity index is 569. The number of methoxy groups -OCH3 is 2. The Hall–Kier alpha value is -1.19. The van der Waals surface area contributed by atoms with Crippen LogP contribution in [0.15, 0.2) is 28.7 Å². The first-order chi connectivity index (χ1) is 11.9. The highest BCUT2D eigenvalue weighted by atomic mass is 79.9. The Kier molecular flexibility index (Phi) is 7.21. The van der Waals surface area contributed by atoms with Gasteiger partial charge in [0, 0.05) is 31.0 Å². The van der Waals surface area contributed by atoms with Crippen LogP contribution < -0.4 is 4.90 Å². The van der Waals surface area contributed by atoms with Gasteiger partial charge >= 0.3 is 6.09 Å². The van der Waals surface area contributed by atoms with E-state index < -0.39 is 24.5 Å². The molecule has 0 spiro atoms. The molecule has 1 aliphatic rings. The van der Waals surface area contributed by atoms with Gasteiger partial charge in [0.1, 0.15) is 18.3 Å². The fraction of sp³-hybridized carbons (Fsp3) is 0.588. The topological polar surface area (TPSA) is 77.5 Å². The SMILES string of the molecule is CCO[C@@H]1[C@@H](OC)[C@H](C)O[C@H](N(C(=O)O)c2ccc(Br)cc2)[C@@H]1OC. The van der Waals surface area contributed by atoms with E-state index in [1.54, 1.807) is 31.4 Å². The van der Waals surface area contributed by atoms with Crippen LogP contribution in [0.2, 0.25) is 0 Å². The Morgan fingerprint density at radius 2 is 1.80 bits per heavy atom. The monoisotopic (exact) mass is 417 g/mol. The van der Waals surface area contributed by atoms with Gasteiger partial charge in [-0.05, 0) is 38.1 Å². The number of halogens is 1. The molecule has 25 heavy (non-hydrogen) atoms. The summed E-state index contributed by atoms with van der Waals surface area (Å²) >= 11 is 3.35. The van der Waals surface area contributed by atoms with Gasteiger partial charge in [0.25, 0.3) is 0 Å². The number of amides is 1. The van der Waals surface area contributed by atoms with Crippen LogP contribution in [0.3, 0.4) is 0 Å². The van der Waals surface area contributed by atoms with Crippen LogP contribution >= 0.6 is 15.9 Å². The van der Waals surface area contributed by atoms with Crippen LogP contribution in [0.5, 0.6) is 0 Å². The molecule has 1 amide bonds. The van der Waals surface area contributed by atoms with Gasteiger partial charge in [0.15, 0.2) is 6.23 Å². The summed E-state index contributed by atoms with van der Waals surface area (Å²) in [6.07, 6.45) is -3.81. The molecule has 1 aliphatic heterocycles. The third-order valence-electron chi connectivity index (χ3n) is 4.21. The first-order valence-electron chi connectivity index (χ1n) is 8.04. The van der Waals surface area contributed by atoms with Gasteiger partial charge in [-0.1, -0.05) is 15.9 Å². The van der Waals surface area contributed by atoms with E-state index in [9.17, 15) is 9.90 Å². The van der Waals surface area contributed by atoms with E-state index >= 15 is 0 Å². The number of carboxylic acid groups (broad SMARTS) is 1. The van der Waals surface area contributed by atoms with Crippen LogP contribution in [-0.2, 0) is 18.9 Å². The number of nitrogens with zero attached hydrogens (tertiary/aromatic N) is 1. The molecule has 0 bridgehead atoms. The summed E-state index contributed by atoms with van der Waals surface area (Å²) < 4.78 is 23.7. The number of hydrogen-bond donors (Lipinski definition) is 1. The predicted octanol–water partition coefficient (Wildman–Crippen LogP) is 3.11. The van der Waals surface area contributed by atoms with Gasteiger partial charge in [-0.15, -0.1) is 0 Å². The van der Waals surface area contributed by atoms with Crippen molar-refractivity contribution in [2.45, 2.75) is 44.5 Å². The highest BCUT2D eigenvalue weighted by Crippen LogP contribution is 2.32. The van der Waals surface area contributed by atoms with Crippen LogP contribution in [-0.4, -0.2) is 62.7 Å². The minimum Gasteiger partial charge on any atom is -0.465 e. The van der Waals surface area contributed by atoms with Crippen LogP contribution in [0, 0.1) is 0 Å². The molecule has 0 saturated carbocycles. The second-order valence-electron chi connectivity index (χ2n) is 5.68. The van der Waals surface area contributed by atoms with Crippen LogP contribution in [0.1, 0.15) is 13.8 Å². The van der Waals surface area contributed by atoms with Crippen molar-refractivity contribution >= 4 is 27.7 Å². The minimum atomic E-state index is -1.13. The van der Waals surface area contributed by atoms with E-state index in [2.05, 4.69) is 15.9 Å². The van der Waals surface area contributed by atoms with Crippen LogP contribution in [0.4, 0.5) is 10.5 Å². The molecular formula is C17H24BrNO6. The molecule has 0 aliphatic carbocycles. The van der Waals surface area contributed by atoms with Crippen molar-refractivity contribution in [3.05, 3.63) is 28.7 Å². The first kappa shape index (κ1) is 20.1. The Balaban J connectivity index is 2.41. The number of ether oxygens (including phenoxy) is 4. The van der Waals surface area contributed by atoms with Crippen molar-refractivity contribution in [3.63, 3.8) is 0 Å². The third-order valence-corrected chi connectivity index (χ3v) is 4.74. The lowest BCUT2D eigenvalue weighted by Gasteiger charge is -2.47. The molecule has 1 heterocycles. The number of carbonyl (C=O) groups is 1. The van der Waals surface area contributed by atoms with Gasteiger partial charge in [0.05, 0.1) is 6.10 Å². The van der Waals surface area contributed by atoms with Crippen molar-refractivity contribution in [2.24, 2.45) is 0 Å². The van der Waals surface area contributed by atoms with Crippen molar-refractivity contribution in [3.8, 4) is 0 Å². The molecule has 1 N–H and O–H groups in total. The van der Waals surface area contributed by atoms with Crippen molar-refractivity contribution in [1.29, 1.82) is 0 Å². The molecule has 0 aromatic heterocycles. The number of hydrogen-bond acceptors (Lipinski definition) is 5. The minimum absolute atomic E-state index is 0.360. The van der Waals surface area contributed by atoms with Crippen molar-refractivity contribution < 1.29 is 28.8 Å². The third kappa shape index (κ3) is 4.32. The van der Waals surface area contributed by atoms with Gasteiger partial charge < -0.3 is 24.1 Å². The summed E-state index contributed by atoms with van der Waals surface area (Å²) in [5.41, 5.74) is 0.487. The second kappa shape index (κ2) is 8.95. The lowest BCUT2D eigenvalue weighted by Crippen LogP contribution is -2.64. The van der Waals surface area contributed by atoms with E-state index in [1.807, 2.05) is 13.8 Å². The Morgan fingerprint density at radius 1 is 1.20 bits per heavy atom. The van der Waals surface area contributed by atoms with Gasteiger partial charge in [-0.25, -0.2) is 9.69 Å². The lowest BCUT2D eigenvalue weighted by atomic mass is 9.97. The molecular weight excluding hydrogens is 394 g/mol. The van der Waals surface area contributed by atoms with Gasteiger partial charge in [-0.3, -0.25) is 0 Å². The Labute approximate surface area is 155 Å². The number of benzene rings is 1. The van der Waals surface area contributed by atoms with E-state index in [0.29, 0.717) is 12.3 Å². The average Bonchev–Trinajstić information content (AvgIpc) is 2.57. The maximum absolute atomic E-state index is 12.0. The zero-order chi connectivity index (χ0) is 18.6. The maximum atomic E-state index is 12.0. The molecule has 1 aromatic carbocycles. The fourth-order valence-electron chi connectivity index (χ4n) is 3.13. The molecule has 2 rings (SSSR count). The maximum Gasteiger partial charge on any atom is 0.414 e. The smallest absolute Gasteiger partial charge is 0.414 e. The van der Waals surface area contributed by atoms with E-state index in [-0.39, 0.29) is 12.2 Å². The van der Waals surface area contributed by atoms with E-state index in [0.717, 1.165) is 9.37 Å². The standard InChI is InChI=1S/C17H24BrNO6/c1-5-24-14-13(22-3)10(2)25-16(15(14)23-4)19(17(20)21)12-8-6-11(18)7-9-12/h6-10,13-16H,5H2,1-4H3,(H,20,21)/t10-,13-,14+,15+,16-/m0/s1. The highest BCUT2D eigenvalue weighted by molar-refractivity contribution is 9.10. The molecule has 0 unspecified atom stereocenters. The van der Waals surface area contributed by atoms with Gasteiger partial charge in [0.2, 0.25) is 0 Å². The Morgan fingerprint density at radius 3 is 2.28 bits per heavy atom. The predicted molar refractivity (Wildman–Crippen MR) is 96.0 cm³/mol. The first-order valence-corrected chi connectivity index (χ1v) is 8.84. The summed E-state index contributed by atoms with van der Waals surface area (Å²) in [6, 6.07) is 6.96. The fourth-order valence-corrected chi connectivity index (χ4v) is 3.39. The summed E-state index contributed by atoms with van der Waals surface area (Å²) in [5.74, 6) is 0. The zero-order valence-electron chi connectivity index (χ0n) is 14.7. The molecule has 1 aromatic rings. The molecule has 5 atom stereocenters. The number of rotatable bonds is 6. The zero-order valence-corrected chi connectivity index (χ0v) is 16.3. The molecule has 0 radical (unpaired) electrons. The van der Waals surface area contributed by atoms with Gasteiger partial charge in [-0.2, -0.15) is 0 Å². The normalized spacial score (nSPS) is 29.4. The van der Waals surface area contributed by atoms with Crippen molar-refractivity contribution in [2.75, 3.05) is 25.7 Å². The summed E-state index contributed by atoms with van der Waals surface area (Å²) in [6.45, 7) is 4.16. The lowest BCUT2D eigenvalue weighted by molar-refractivity contribution is -0.241. The quantitative estimate of drug-likeness (QED) is 0.765. The van der Waals surface area contributed by atoms with Crippen LogP contribution in [0.25, 0.3) is 0 Å². The largest absolute Gasteiger partial charge is 0.465 e. The summed E-state index contributed by atoms with van der Waals surface area (Å²) in [4.78, 5) is 13.1. The molecule has 1 fully saturated rings. The van der Waals surface area contributed by atoms with E-state index in [4.69, 9.17) is 18.9 Å². The summed E-state index contributed by atoms with van der Waals surface area (Å²) in [7, 11) is 3.09. The molecule has 140 valence electrons. The molecule has 1 saturated heterocycles. The molecule has 7 nitrogen and oxygen atoms in total.